The average molecular weight is 323 g/mol. The molecule has 0 N–H and O–H groups in total. The van der Waals surface area contributed by atoms with Gasteiger partial charge in [-0.05, 0) is 34.2 Å². The summed E-state index contributed by atoms with van der Waals surface area (Å²) < 4.78 is 1.29. The van der Waals surface area contributed by atoms with Gasteiger partial charge < -0.3 is 0 Å². The Kier molecular flexibility index (Phi) is 4.15. The van der Waals surface area contributed by atoms with Gasteiger partial charge in [-0.15, -0.1) is 0 Å². The second-order valence-electron chi connectivity index (χ2n) is 2.08. The first kappa shape index (κ1) is 9.26. The lowest BCUT2D eigenvalue weighted by Gasteiger charge is -1.95. The van der Waals surface area contributed by atoms with Crippen molar-refractivity contribution in [2.24, 2.45) is 0 Å². The van der Waals surface area contributed by atoms with Crippen LogP contribution in [-0.4, -0.2) is 5.33 Å². The van der Waals surface area contributed by atoms with E-state index in [4.69, 9.17) is 0 Å². The minimum Gasteiger partial charge on any atom is -0.0883 e. The Hall–Kier alpha value is 0.170. The summed E-state index contributed by atoms with van der Waals surface area (Å²) in [5.74, 6) is 0. The van der Waals surface area contributed by atoms with Crippen molar-refractivity contribution in [3.05, 3.63) is 39.5 Å². The highest BCUT2D eigenvalue weighted by atomic mass is 127. The van der Waals surface area contributed by atoms with Crippen molar-refractivity contribution < 1.29 is 0 Å². The molecule has 0 saturated carbocycles. The van der Waals surface area contributed by atoms with Gasteiger partial charge in [0, 0.05) is 8.90 Å². The van der Waals surface area contributed by atoms with E-state index in [9.17, 15) is 0 Å². The smallest absolute Gasteiger partial charge is 0.0215 e. The molecule has 0 unspecified atom stereocenters. The molecular weight excluding hydrogens is 315 g/mol. The van der Waals surface area contributed by atoms with Gasteiger partial charge in [0.05, 0.1) is 0 Å². The first-order chi connectivity index (χ1) is 5.34. The number of allylic oxidation sites excluding steroid dienone is 1. The zero-order valence-electron chi connectivity index (χ0n) is 5.93. The largest absolute Gasteiger partial charge is 0.0883 e. The summed E-state index contributed by atoms with van der Waals surface area (Å²) in [7, 11) is 0. The molecule has 0 fully saturated rings. The van der Waals surface area contributed by atoms with E-state index in [1.807, 2.05) is 6.07 Å². The summed E-state index contributed by atoms with van der Waals surface area (Å²) in [6, 6.07) is 8.32. The number of alkyl halides is 1. The molecule has 0 aliphatic heterocycles. The van der Waals surface area contributed by atoms with Crippen molar-refractivity contribution in [3.8, 4) is 0 Å². The van der Waals surface area contributed by atoms with Crippen LogP contribution in [0.5, 0.6) is 0 Å². The maximum absolute atomic E-state index is 3.34. The van der Waals surface area contributed by atoms with E-state index in [0.29, 0.717) is 0 Å². The second-order valence-corrected chi connectivity index (χ2v) is 3.89. The van der Waals surface area contributed by atoms with Gasteiger partial charge in [-0.2, -0.15) is 0 Å². The highest BCUT2D eigenvalue weighted by Crippen LogP contribution is 2.12. The van der Waals surface area contributed by atoms with Gasteiger partial charge in [0.15, 0.2) is 0 Å². The van der Waals surface area contributed by atoms with Crippen molar-refractivity contribution >= 4 is 44.6 Å². The molecule has 0 atom stereocenters. The molecule has 2 heteroatoms. The number of benzene rings is 1. The SMILES string of the molecule is BrCC=Cc1ccccc1I. The van der Waals surface area contributed by atoms with Crippen LogP contribution in [0.25, 0.3) is 6.08 Å². The van der Waals surface area contributed by atoms with Crippen LogP contribution in [0.1, 0.15) is 5.56 Å². The van der Waals surface area contributed by atoms with Crippen LogP contribution in [0.4, 0.5) is 0 Å². The van der Waals surface area contributed by atoms with Crippen molar-refractivity contribution in [3.63, 3.8) is 0 Å². The molecule has 1 aromatic carbocycles. The van der Waals surface area contributed by atoms with E-state index in [1.165, 1.54) is 9.13 Å². The molecular formula is C9H8BrI. The summed E-state index contributed by atoms with van der Waals surface area (Å²) in [6.45, 7) is 0. The third-order valence-corrected chi connectivity index (χ3v) is 2.65. The molecule has 0 nitrogen and oxygen atoms in total. The van der Waals surface area contributed by atoms with Crippen LogP contribution >= 0.6 is 38.5 Å². The number of halogens is 2. The van der Waals surface area contributed by atoms with Gasteiger partial charge in [0.1, 0.15) is 0 Å². The maximum Gasteiger partial charge on any atom is 0.0215 e. The molecule has 58 valence electrons. The average Bonchev–Trinajstić information content (AvgIpc) is 2.03. The fraction of sp³-hybridized carbons (Fsp3) is 0.111. The first-order valence-electron chi connectivity index (χ1n) is 3.31. The molecule has 0 radical (unpaired) electrons. The zero-order chi connectivity index (χ0) is 8.10. The van der Waals surface area contributed by atoms with Crippen LogP contribution in [0.2, 0.25) is 0 Å². The summed E-state index contributed by atoms with van der Waals surface area (Å²) in [6.07, 6.45) is 4.22. The van der Waals surface area contributed by atoms with Crippen molar-refractivity contribution in [1.82, 2.24) is 0 Å². The fourth-order valence-corrected chi connectivity index (χ4v) is 1.54. The predicted molar refractivity (Wildman–Crippen MR) is 62.0 cm³/mol. The van der Waals surface area contributed by atoms with E-state index in [2.05, 4.69) is 68.9 Å². The summed E-state index contributed by atoms with van der Waals surface area (Å²) in [5, 5.41) is 0.915. The predicted octanol–water partition coefficient (Wildman–Crippen LogP) is 3.70. The normalized spacial score (nSPS) is 10.7. The monoisotopic (exact) mass is 322 g/mol. The van der Waals surface area contributed by atoms with E-state index in [1.54, 1.807) is 0 Å². The van der Waals surface area contributed by atoms with Crippen LogP contribution < -0.4 is 0 Å². The zero-order valence-corrected chi connectivity index (χ0v) is 9.67. The van der Waals surface area contributed by atoms with Gasteiger partial charge in [0.25, 0.3) is 0 Å². The number of hydrogen-bond donors (Lipinski definition) is 0. The van der Waals surface area contributed by atoms with Crippen LogP contribution in [0.15, 0.2) is 30.3 Å². The molecule has 0 bridgehead atoms. The molecule has 0 heterocycles. The van der Waals surface area contributed by atoms with Crippen molar-refractivity contribution in [1.29, 1.82) is 0 Å². The van der Waals surface area contributed by atoms with Gasteiger partial charge in [-0.25, -0.2) is 0 Å². The highest BCUT2D eigenvalue weighted by Gasteiger charge is 1.90. The fourth-order valence-electron chi connectivity index (χ4n) is 0.782. The second kappa shape index (κ2) is 4.93. The molecule has 0 aliphatic rings. The topological polar surface area (TPSA) is 0 Å². The Morgan fingerprint density at radius 2 is 2.09 bits per heavy atom. The molecule has 1 aromatic rings. The van der Waals surface area contributed by atoms with Crippen LogP contribution in [-0.2, 0) is 0 Å². The third kappa shape index (κ3) is 2.95. The highest BCUT2D eigenvalue weighted by molar-refractivity contribution is 14.1. The molecule has 0 spiro atoms. The summed E-state index contributed by atoms with van der Waals surface area (Å²) in [4.78, 5) is 0. The molecule has 0 aliphatic carbocycles. The number of hydrogen-bond acceptors (Lipinski definition) is 0. The van der Waals surface area contributed by atoms with Gasteiger partial charge in [-0.1, -0.05) is 46.3 Å². The quantitative estimate of drug-likeness (QED) is 0.575. The Labute approximate surface area is 89.0 Å². The number of rotatable bonds is 2. The molecule has 0 saturated heterocycles. The lowest BCUT2D eigenvalue weighted by Crippen LogP contribution is -1.76. The van der Waals surface area contributed by atoms with E-state index >= 15 is 0 Å². The Morgan fingerprint density at radius 1 is 1.36 bits per heavy atom. The lowest BCUT2D eigenvalue weighted by atomic mass is 10.2. The third-order valence-electron chi connectivity index (χ3n) is 1.29. The van der Waals surface area contributed by atoms with Crippen LogP contribution in [0.3, 0.4) is 0 Å². The van der Waals surface area contributed by atoms with E-state index in [-0.39, 0.29) is 0 Å². The lowest BCUT2D eigenvalue weighted by molar-refractivity contribution is 1.59. The maximum atomic E-state index is 3.34. The standard InChI is InChI=1S/C9H8BrI/c10-7-3-5-8-4-1-2-6-9(8)11/h1-6H,7H2. The molecule has 11 heavy (non-hydrogen) atoms. The molecule has 0 aromatic heterocycles. The van der Waals surface area contributed by atoms with E-state index in [0.717, 1.165) is 5.33 Å². The van der Waals surface area contributed by atoms with Crippen molar-refractivity contribution in [2.75, 3.05) is 5.33 Å². The minimum atomic E-state index is 0.915. The van der Waals surface area contributed by atoms with Gasteiger partial charge in [0.2, 0.25) is 0 Å². The summed E-state index contributed by atoms with van der Waals surface area (Å²) in [5.41, 5.74) is 1.28. The van der Waals surface area contributed by atoms with Gasteiger partial charge in [-0.3, -0.25) is 0 Å². The van der Waals surface area contributed by atoms with Gasteiger partial charge >= 0.3 is 0 Å². The minimum absolute atomic E-state index is 0.915. The Morgan fingerprint density at radius 3 is 2.73 bits per heavy atom. The molecule has 1 rings (SSSR count). The van der Waals surface area contributed by atoms with E-state index < -0.39 is 0 Å². The first-order valence-corrected chi connectivity index (χ1v) is 5.51. The molecule has 0 amide bonds. The van der Waals surface area contributed by atoms with Crippen molar-refractivity contribution in [2.45, 2.75) is 0 Å². The Bertz CT molecular complexity index is 255. The van der Waals surface area contributed by atoms with Crippen LogP contribution in [0, 0.1) is 3.57 Å². The Balaban J connectivity index is 2.86. The summed E-state index contributed by atoms with van der Waals surface area (Å²) >= 11 is 5.68.